The number of hydrogen-bond acceptors (Lipinski definition) is 3. The van der Waals surface area contributed by atoms with Crippen molar-refractivity contribution in [2.45, 2.75) is 19.5 Å². The number of phenolic OH excluding ortho intramolecular Hbond substituents is 1. The summed E-state index contributed by atoms with van der Waals surface area (Å²) in [6.07, 6.45) is 0. The normalized spacial score (nSPS) is 12.2. The summed E-state index contributed by atoms with van der Waals surface area (Å²) in [6.45, 7) is 2.61. The second-order valence-corrected chi connectivity index (χ2v) is 5.06. The molecule has 0 aromatic heterocycles. The van der Waals surface area contributed by atoms with Crippen molar-refractivity contribution in [3.05, 3.63) is 58.6 Å². The van der Waals surface area contributed by atoms with Crippen LogP contribution in [0.1, 0.15) is 24.1 Å². The Morgan fingerprint density at radius 1 is 1.25 bits per heavy atom. The van der Waals surface area contributed by atoms with Crippen LogP contribution >= 0.6 is 11.6 Å². The van der Waals surface area contributed by atoms with Crippen molar-refractivity contribution in [3.63, 3.8) is 0 Å². The minimum absolute atomic E-state index is 0.138. The Kier molecular flexibility index (Phi) is 4.88. The molecule has 0 amide bonds. The third kappa shape index (κ3) is 3.44. The number of ether oxygens (including phenoxy) is 1. The molecule has 4 heteroatoms. The fraction of sp³-hybridized carbons (Fsp3) is 0.250. The van der Waals surface area contributed by atoms with E-state index in [9.17, 15) is 5.11 Å². The molecule has 2 rings (SSSR count). The van der Waals surface area contributed by atoms with Gasteiger partial charge in [0.15, 0.2) is 11.5 Å². The van der Waals surface area contributed by atoms with Crippen molar-refractivity contribution in [3.8, 4) is 11.5 Å². The summed E-state index contributed by atoms with van der Waals surface area (Å²) < 4.78 is 5.10. The van der Waals surface area contributed by atoms with Crippen LogP contribution in [0.25, 0.3) is 0 Å². The summed E-state index contributed by atoms with van der Waals surface area (Å²) in [5, 5.41) is 14.1. The molecule has 0 saturated carbocycles. The largest absolute Gasteiger partial charge is 0.504 e. The highest BCUT2D eigenvalue weighted by Gasteiger charge is 2.10. The average molecular weight is 292 g/mol. The molecular formula is C16H18ClNO2. The number of para-hydroxylation sites is 1. The van der Waals surface area contributed by atoms with Gasteiger partial charge < -0.3 is 15.2 Å². The minimum Gasteiger partial charge on any atom is -0.504 e. The number of hydrogen-bond donors (Lipinski definition) is 2. The van der Waals surface area contributed by atoms with Gasteiger partial charge in [-0.2, -0.15) is 0 Å². The van der Waals surface area contributed by atoms with Crippen molar-refractivity contribution in [2.24, 2.45) is 0 Å². The lowest BCUT2D eigenvalue weighted by atomic mass is 10.1. The monoisotopic (exact) mass is 291 g/mol. The van der Waals surface area contributed by atoms with E-state index in [4.69, 9.17) is 16.3 Å². The van der Waals surface area contributed by atoms with Gasteiger partial charge in [-0.05, 0) is 30.7 Å². The molecule has 0 aliphatic carbocycles. The Morgan fingerprint density at radius 2 is 2.00 bits per heavy atom. The SMILES string of the molecule is COc1cccc(CN[C@H](C)c2cccc(Cl)c2)c1O. The highest BCUT2D eigenvalue weighted by molar-refractivity contribution is 6.30. The molecule has 20 heavy (non-hydrogen) atoms. The van der Waals surface area contributed by atoms with Crippen LogP contribution < -0.4 is 10.1 Å². The molecule has 0 radical (unpaired) electrons. The standard InChI is InChI=1S/C16H18ClNO2/c1-11(12-5-3-7-14(17)9-12)18-10-13-6-4-8-15(20-2)16(13)19/h3-9,11,18-19H,10H2,1-2H3/t11-/m1/s1. The molecule has 0 heterocycles. The van der Waals surface area contributed by atoms with E-state index < -0.39 is 0 Å². The van der Waals surface area contributed by atoms with Crippen LogP contribution in [-0.2, 0) is 6.54 Å². The molecule has 0 aliphatic heterocycles. The summed E-state index contributed by atoms with van der Waals surface area (Å²) in [4.78, 5) is 0. The van der Waals surface area contributed by atoms with E-state index in [0.29, 0.717) is 12.3 Å². The van der Waals surface area contributed by atoms with E-state index in [1.165, 1.54) is 0 Å². The number of nitrogens with one attached hydrogen (secondary N) is 1. The zero-order chi connectivity index (χ0) is 14.5. The van der Waals surface area contributed by atoms with Crippen LogP contribution in [0, 0.1) is 0 Å². The van der Waals surface area contributed by atoms with Crippen LogP contribution in [0.15, 0.2) is 42.5 Å². The molecule has 1 atom stereocenters. The Hall–Kier alpha value is -1.71. The number of phenols is 1. The fourth-order valence-electron chi connectivity index (χ4n) is 2.03. The third-order valence-electron chi connectivity index (χ3n) is 3.25. The summed E-state index contributed by atoms with van der Waals surface area (Å²) in [5.74, 6) is 0.667. The summed E-state index contributed by atoms with van der Waals surface area (Å²) in [5.41, 5.74) is 1.91. The smallest absolute Gasteiger partial charge is 0.162 e. The summed E-state index contributed by atoms with van der Waals surface area (Å²) in [6, 6.07) is 13.3. The first-order chi connectivity index (χ1) is 9.61. The van der Waals surface area contributed by atoms with E-state index in [1.54, 1.807) is 13.2 Å². The van der Waals surface area contributed by atoms with Crippen molar-refractivity contribution in [2.75, 3.05) is 7.11 Å². The fourth-order valence-corrected chi connectivity index (χ4v) is 2.23. The maximum Gasteiger partial charge on any atom is 0.162 e. The molecule has 2 aromatic rings. The van der Waals surface area contributed by atoms with Gasteiger partial charge in [-0.1, -0.05) is 35.9 Å². The zero-order valence-electron chi connectivity index (χ0n) is 11.6. The van der Waals surface area contributed by atoms with Gasteiger partial charge in [-0.25, -0.2) is 0 Å². The van der Waals surface area contributed by atoms with E-state index in [2.05, 4.69) is 12.2 Å². The van der Waals surface area contributed by atoms with Gasteiger partial charge in [0, 0.05) is 23.2 Å². The van der Waals surface area contributed by atoms with Gasteiger partial charge in [0.25, 0.3) is 0 Å². The van der Waals surface area contributed by atoms with Gasteiger partial charge in [0.1, 0.15) is 0 Å². The second-order valence-electron chi connectivity index (χ2n) is 4.63. The van der Waals surface area contributed by atoms with Gasteiger partial charge in [0.2, 0.25) is 0 Å². The lowest BCUT2D eigenvalue weighted by Gasteiger charge is -2.16. The summed E-state index contributed by atoms with van der Waals surface area (Å²) >= 11 is 5.99. The molecule has 0 unspecified atom stereocenters. The first-order valence-electron chi connectivity index (χ1n) is 6.45. The molecule has 0 saturated heterocycles. The highest BCUT2D eigenvalue weighted by atomic mass is 35.5. The predicted octanol–water partition coefficient (Wildman–Crippen LogP) is 3.91. The maximum absolute atomic E-state index is 10.0. The second kappa shape index (κ2) is 6.64. The lowest BCUT2D eigenvalue weighted by Crippen LogP contribution is -2.18. The molecule has 0 bridgehead atoms. The number of rotatable bonds is 5. The van der Waals surface area contributed by atoms with Crippen LogP contribution in [0.4, 0.5) is 0 Å². The van der Waals surface area contributed by atoms with Crippen LogP contribution in [0.5, 0.6) is 11.5 Å². The molecular weight excluding hydrogens is 274 g/mol. The Balaban J connectivity index is 2.05. The Bertz CT molecular complexity index is 586. The van der Waals surface area contributed by atoms with Crippen LogP contribution in [0.3, 0.4) is 0 Å². The third-order valence-corrected chi connectivity index (χ3v) is 3.48. The predicted molar refractivity (Wildman–Crippen MR) is 81.4 cm³/mol. The van der Waals surface area contributed by atoms with Crippen molar-refractivity contribution < 1.29 is 9.84 Å². The van der Waals surface area contributed by atoms with Gasteiger partial charge in [-0.3, -0.25) is 0 Å². The van der Waals surface area contributed by atoms with Crippen LogP contribution in [0.2, 0.25) is 5.02 Å². The van der Waals surface area contributed by atoms with Crippen molar-refractivity contribution in [1.82, 2.24) is 5.32 Å². The number of aromatic hydroxyl groups is 1. The Morgan fingerprint density at radius 3 is 2.70 bits per heavy atom. The van der Waals surface area contributed by atoms with E-state index in [1.807, 2.05) is 36.4 Å². The molecule has 0 aliphatic rings. The molecule has 2 aromatic carbocycles. The molecule has 106 valence electrons. The van der Waals surface area contributed by atoms with E-state index in [-0.39, 0.29) is 11.8 Å². The van der Waals surface area contributed by atoms with E-state index >= 15 is 0 Å². The molecule has 0 fully saturated rings. The molecule has 2 N–H and O–H groups in total. The zero-order valence-corrected chi connectivity index (χ0v) is 12.3. The molecule has 0 spiro atoms. The van der Waals surface area contributed by atoms with Gasteiger partial charge >= 0.3 is 0 Å². The van der Waals surface area contributed by atoms with Crippen molar-refractivity contribution >= 4 is 11.6 Å². The number of benzene rings is 2. The minimum atomic E-state index is 0.138. The Labute approximate surface area is 124 Å². The highest BCUT2D eigenvalue weighted by Crippen LogP contribution is 2.29. The first-order valence-corrected chi connectivity index (χ1v) is 6.83. The van der Waals surface area contributed by atoms with Gasteiger partial charge in [0.05, 0.1) is 7.11 Å². The lowest BCUT2D eigenvalue weighted by molar-refractivity contribution is 0.369. The summed E-state index contributed by atoms with van der Waals surface area (Å²) in [7, 11) is 1.54. The van der Waals surface area contributed by atoms with Gasteiger partial charge in [-0.15, -0.1) is 0 Å². The van der Waals surface area contributed by atoms with Crippen LogP contribution in [-0.4, -0.2) is 12.2 Å². The number of halogens is 1. The number of methoxy groups -OCH3 is 1. The van der Waals surface area contributed by atoms with Crippen molar-refractivity contribution in [1.29, 1.82) is 0 Å². The maximum atomic E-state index is 10.0. The van der Waals surface area contributed by atoms with E-state index in [0.717, 1.165) is 16.1 Å². The average Bonchev–Trinajstić information content (AvgIpc) is 2.46. The molecule has 3 nitrogen and oxygen atoms in total. The quantitative estimate of drug-likeness (QED) is 0.878. The first kappa shape index (κ1) is 14.7. The topological polar surface area (TPSA) is 41.5 Å².